The smallest absolute Gasteiger partial charge is 0.137 e. The van der Waals surface area contributed by atoms with Crippen LogP contribution in [-0.2, 0) is 6.54 Å². The quantitative estimate of drug-likeness (QED) is 0.779. The molecular formula is C15H17N3O. The highest BCUT2D eigenvalue weighted by Crippen LogP contribution is 2.15. The van der Waals surface area contributed by atoms with Crippen LogP contribution in [0.2, 0.25) is 0 Å². The van der Waals surface area contributed by atoms with Crippen LogP contribution in [0.15, 0.2) is 47.2 Å². The van der Waals surface area contributed by atoms with E-state index >= 15 is 0 Å². The highest BCUT2D eigenvalue weighted by atomic mass is 16.3. The molecule has 0 spiro atoms. The Kier molecular flexibility index (Phi) is 3.09. The van der Waals surface area contributed by atoms with E-state index in [0.29, 0.717) is 0 Å². The van der Waals surface area contributed by atoms with E-state index in [4.69, 9.17) is 4.42 Å². The van der Waals surface area contributed by atoms with Gasteiger partial charge in [-0.25, -0.2) is 4.98 Å². The topological polar surface area (TPSA) is 42.5 Å². The number of nitrogens with zero attached hydrogens (tertiary/aromatic N) is 2. The second-order valence-electron chi connectivity index (χ2n) is 4.69. The van der Waals surface area contributed by atoms with E-state index in [0.717, 1.165) is 23.6 Å². The predicted molar refractivity (Wildman–Crippen MR) is 73.9 cm³/mol. The van der Waals surface area contributed by atoms with E-state index in [1.165, 1.54) is 5.69 Å². The summed E-state index contributed by atoms with van der Waals surface area (Å²) in [4.78, 5) is 4.55. The number of aromatic nitrogens is 2. The molecule has 0 radical (unpaired) electrons. The predicted octanol–water partition coefficient (Wildman–Crippen LogP) is 3.09. The first-order valence-corrected chi connectivity index (χ1v) is 6.45. The largest absolute Gasteiger partial charge is 0.468 e. The summed E-state index contributed by atoms with van der Waals surface area (Å²) in [7, 11) is 0. The summed E-state index contributed by atoms with van der Waals surface area (Å²) < 4.78 is 7.52. The number of pyridine rings is 1. The molecule has 0 aromatic carbocycles. The Hall–Kier alpha value is -2.07. The van der Waals surface area contributed by atoms with Crippen LogP contribution in [0.1, 0.15) is 30.1 Å². The van der Waals surface area contributed by atoms with E-state index in [1.807, 2.05) is 43.5 Å². The number of hydrogen-bond acceptors (Lipinski definition) is 3. The van der Waals surface area contributed by atoms with Crippen molar-refractivity contribution in [2.24, 2.45) is 0 Å². The third kappa shape index (κ3) is 2.27. The molecule has 98 valence electrons. The number of furan rings is 1. The van der Waals surface area contributed by atoms with Gasteiger partial charge in [-0.2, -0.15) is 0 Å². The number of fused-ring (bicyclic) bond motifs is 1. The Morgan fingerprint density at radius 2 is 2.21 bits per heavy atom. The van der Waals surface area contributed by atoms with E-state index in [1.54, 1.807) is 6.26 Å². The van der Waals surface area contributed by atoms with Crippen LogP contribution < -0.4 is 5.32 Å². The minimum absolute atomic E-state index is 0.184. The lowest BCUT2D eigenvalue weighted by Crippen LogP contribution is -2.19. The van der Waals surface area contributed by atoms with Crippen LogP contribution in [0.25, 0.3) is 5.65 Å². The molecule has 3 aromatic rings. The van der Waals surface area contributed by atoms with Gasteiger partial charge in [0.05, 0.1) is 23.7 Å². The highest BCUT2D eigenvalue weighted by Gasteiger charge is 2.11. The molecule has 0 bridgehead atoms. The van der Waals surface area contributed by atoms with Gasteiger partial charge >= 0.3 is 0 Å². The van der Waals surface area contributed by atoms with Gasteiger partial charge in [-0.15, -0.1) is 0 Å². The molecule has 3 rings (SSSR count). The lowest BCUT2D eigenvalue weighted by Gasteiger charge is -2.11. The van der Waals surface area contributed by atoms with Crippen LogP contribution in [0.5, 0.6) is 0 Å². The molecule has 19 heavy (non-hydrogen) atoms. The second-order valence-corrected chi connectivity index (χ2v) is 4.69. The maximum atomic E-state index is 5.40. The molecule has 3 aromatic heterocycles. The van der Waals surface area contributed by atoms with E-state index in [9.17, 15) is 0 Å². The molecule has 0 amide bonds. The number of nitrogens with one attached hydrogen (secondary N) is 1. The third-order valence-electron chi connectivity index (χ3n) is 3.37. The minimum Gasteiger partial charge on any atom is -0.468 e. The van der Waals surface area contributed by atoms with Crippen molar-refractivity contribution in [2.45, 2.75) is 26.4 Å². The van der Waals surface area contributed by atoms with E-state index < -0.39 is 0 Å². The van der Waals surface area contributed by atoms with E-state index in [2.05, 4.69) is 21.6 Å². The standard InChI is InChI=1S/C15H17N3O/c1-11-13(18-8-4-3-7-15(18)17-11)10-16-12(2)14-6-5-9-19-14/h3-9,12,16H,10H2,1-2H3/t12-/m0/s1. The molecule has 0 aliphatic heterocycles. The lowest BCUT2D eigenvalue weighted by atomic mass is 10.2. The fraction of sp³-hybridized carbons (Fsp3) is 0.267. The Morgan fingerprint density at radius 1 is 1.32 bits per heavy atom. The van der Waals surface area contributed by atoms with Crippen molar-refractivity contribution in [3.63, 3.8) is 0 Å². The van der Waals surface area contributed by atoms with Gasteiger partial charge in [0.15, 0.2) is 0 Å². The normalized spacial score (nSPS) is 12.9. The molecule has 4 heteroatoms. The van der Waals surface area contributed by atoms with Gasteiger partial charge < -0.3 is 14.1 Å². The van der Waals surface area contributed by atoms with Crippen molar-refractivity contribution in [1.82, 2.24) is 14.7 Å². The SMILES string of the molecule is Cc1nc2ccccn2c1CN[C@@H](C)c1ccco1. The second kappa shape index (κ2) is 4.90. The molecule has 1 atom stereocenters. The molecule has 0 fully saturated rings. The first-order chi connectivity index (χ1) is 9.25. The van der Waals surface area contributed by atoms with Gasteiger partial charge in [0.2, 0.25) is 0 Å². The fourth-order valence-corrected chi connectivity index (χ4v) is 2.27. The van der Waals surface area contributed by atoms with E-state index in [-0.39, 0.29) is 6.04 Å². The molecule has 0 unspecified atom stereocenters. The summed E-state index contributed by atoms with van der Waals surface area (Å²) in [5.41, 5.74) is 3.24. The Labute approximate surface area is 112 Å². The molecule has 0 saturated heterocycles. The molecular weight excluding hydrogens is 238 g/mol. The number of hydrogen-bond donors (Lipinski definition) is 1. The fourth-order valence-electron chi connectivity index (χ4n) is 2.27. The van der Waals surface area contributed by atoms with Gasteiger partial charge in [0, 0.05) is 12.7 Å². The first-order valence-electron chi connectivity index (χ1n) is 6.45. The van der Waals surface area contributed by atoms with Gasteiger partial charge in [-0.05, 0) is 38.1 Å². The summed E-state index contributed by atoms with van der Waals surface area (Å²) in [6.45, 7) is 4.90. The van der Waals surface area contributed by atoms with Crippen molar-refractivity contribution in [1.29, 1.82) is 0 Å². The zero-order chi connectivity index (χ0) is 13.2. The summed E-state index contributed by atoms with van der Waals surface area (Å²) in [6, 6.07) is 10.1. The Morgan fingerprint density at radius 3 is 3.00 bits per heavy atom. The maximum Gasteiger partial charge on any atom is 0.137 e. The summed E-state index contributed by atoms with van der Waals surface area (Å²) in [6.07, 6.45) is 3.75. The van der Waals surface area contributed by atoms with Crippen molar-refractivity contribution < 1.29 is 4.42 Å². The first kappa shape index (κ1) is 12.0. The van der Waals surface area contributed by atoms with Crippen molar-refractivity contribution >= 4 is 5.65 Å². The number of aryl methyl sites for hydroxylation is 1. The Bertz CT molecular complexity index is 670. The van der Waals surface area contributed by atoms with Gasteiger partial charge in [0.1, 0.15) is 11.4 Å². The lowest BCUT2D eigenvalue weighted by molar-refractivity contribution is 0.428. The van der Waals surface area contributed by atoms with Gasteiger partial charge in [0.25, 0.3) is 0 Å². The minimum atomic E-state index is 0.184. The molecule has 0 saturated carbocycles. The van der Waals surface area contributed by atoms with Crippen LogP contribution in [0.3, 0.4) is 0 Å². The van der Waals surface area contributed by atoms with Crippen LogP contribution in [0, 0.1) is 6.92 Å². The monoisotopic (exact) mass is 255 g/mol. The van der Waals surface area contributed by atoms with Crippen molar-refractivity contribution in [3.8, 4) is 0 Å². The molecule has 0 aliphatic rings. The summed E-state index contributed by atoms with van der Waals surface area (Å²) in [5, 5.41) is 3.47. The molecule has 1 N–H and O–H groups in total. The average molecular weight is 255 g/mol. The summed E-state index contributed by atoms with van der Waals surface area (Å²) >= 11 is 0. The molecule has 0 aliphatic carbocycles. The maximum absolute atomic E-state index is 5.40. The van der Waals surface area contributed by atoms with Gasteiger partial charge in [-0.3, -0.25) is 0 Å². The molecule has 4 nitrogen and oxygen atoms in total. The Balaban J connectivity index is 1.80. The number of rotatable bonds is 4. The number of imidazole rings is 1. The molecule has 3 heterocycles. The zero-order valence-electron chi connectivity index (χ0n) is 11.1. The van der Waals surface area contributed by atoms with Crippen LogP contribution in [-0.4, -0.2) is 9.38 Å². The summed E-state index contributed by atoms with van der Waals surface area (Å²) in [5.74, 6) is 0.950. The van der Waals surface area contributed by atoms with Crippen LogP contribution >= 0.6 is 0 Å². The van der Waals surface area contributed by atoms with Gasteiger partial charge in [-0.1, -0.05) is 6.07 Å². The highest BCUT2D eigenvalue weighted by molar-refractivity contribution is 5.42. The van der Waals surface area contributed by atoms with Crippen molar-refractivity contribution in [2.75, 3.05) is 0 Å². The van der Waals surface area contributed by atoms with Crippen molar-refractivity contribution in [3.05, 3.63) is 59.9 Å². The van der Waals surface area contributed by atoms with Crippen LogP contribution in [0.4, 0.5) is 0 Å². The average Bonchev–Trinajstić information content (AvgIpc) is 3.03. The zero-order valence-corrected chi connectivity index (χ0v) is 11.1. The third-order valence-corrected chi connectivity index (χ3v) is 3.37.